The molecule has 23 heavy (non-hydrogen) atoms. The monoisotopic (exact) mass is 313 g/mol. The van der Waals surface area contributed by atoms with Crippen molar-refractivity contribution in [3.63, 3.8) is 0 Å². The fourth-order valence-electron chi connectivity index (χ4n) is 3.30. The van der Waals surface area contributed by atoms with Gasteiger partial charge in [0.2, 0.25) is 0 Å². The second-order valence-corrected chi connectivity index (χ2v) is 6.33. The Morgan fingerprint density at radius 2 is 2.00 bits per heavy atom. The molecule has 0 bridgehead atoms. The predicted molar refractivity (Wildman–Crippen MR) is 88.7 cm³/mol. The first kappa shape index (κ1) is 15.7. The molecule has 3 rings (SSSR count). The maximum Gasteiger partial charge on any atom is 0.257 e. The zero-order valence-electron chi connectivity index (χ0n) is 13.9. The quantitative estimate of drug-likeness (QED) is 0.946. The van der Waals surface area contributed by atoms with E-state index < -0.39 is 0 Å². The van der Waals surface area contributed by atoms with E-state index in [2.05, 4.69) is 5.10 Å². The SMILES string of the molecule is Cc1nn(-c2ccccc2)c(C)c1C(=O)N1CCC(C(C)O)C1. The summed E-state index contributed by atoms with van der Waals surface area (Å²) in [5.41, 5.74) is 3.24. The van der Waals surface area contributed by atoms with Gasteiger partial charge >= 0.3 is 0 Å². The summed E-state index contributed by atoms with van der Waals surface area (Å²) >= 11 is 0. The first-order valence-electron chi connectivity index (χ1n) is 8.08. The number of aromatic nitrogens is 2. The zero-order valence-corrected chi connectivity index (χ0v) is 13.9. The van der Waals surface area contributed by atoms with Gasteiger partial charge in [0.05, 0.1) is 28.7 Å². The molecule has 2 heterocycles. The average molecular weight is 313 g/mol. The summed E-state index contributed by atoms with van der Waals surface area (Å²) in [4.78, 5) is 14.7. The highest BCUT2D eigenvalue weighted by Gasteiger charge is 2.32. The molecule has 1 amide bonds. The number of nitrogens with zero attached hydrogens (tertiary/aromatic N) is 3. The number of aliphatic hydroxyl groups is 1. The topological polar surface area (TPSA) is 58.4 Å². The van der Waals surface area contributed by atoms with Gasteiger partial charge in [0.15, 0.2) is 0 Å². The lowest BCUT2D eigenvalue weighted by atomic mass is 10.0. The van der Waals surface area contributed by atoms with E-state index in [-0.39, 0.29) is 17.9 Å². The molecule has 0 spiro atoms. The third-order valence-electron chi connectivity index (χ3n) is 4.70. The predicted octanol–water partition coefficient (Wildman–Crippen LogP) is 2.33. The molecule has 1 aliphatic heterocycles. The van der Waals surface area contributed by atoms with Gasteiger partial charge < -0.3 is 10.0 Å². The van der Waals surface area contributed by atoms with Gasteiger partial charge in [-0.15, -0.1) is 0 Å². The van der Waals surface area contributed by atoms with Crippen LogP contribution in [0.25, 0.3) is 5.69 Å². The molecule has 2 unspecified atom stereocenters. The molecule has 0 saturated carbocycles. The van der Waals surface area contributed by atoms with Crippen LogP contribution in [0.1, 0.15) is 35.1 Å². The summed E-state index contributed by atoms with van der Waals surface area (Å²) in [6.07, 6.45) is 0.482. The van der Waals surface area contributed by atoms with E-state index in [1.807, 2.05) is 53.8 Å². The summed E-state index contributed by atoms with van der Waals surface area (Å²) in [6.45, 7) is 6.92. The lowest BCUT2D eigenvalue weighted by Gasteiger charge is -2.18. The number of carbonyl (C=O) groups is 1. The number of amides is 1. The number of hydrogen-bond donors (Lipinski definition) is 1. The normalized spacial score (nSPS) is 19.1. The lowest BCUT2D eigenvalue weighted by molar-refractivity contribution is 0.0761. The highest BCUT2D eigenvalue weighted by Crippen LogP contribution is 2.25. The Labute approximate surface area is 136 Å². The smallest absolute Gasteiger partial charge is 0.257 e. The van der Waals surface area contributed by atoms with Gasteiger partial charge in [0.25, 0.3) is 5.91 Å². The van der Waals surface area contributed by atoms with Crippen molar-refractivity contribution in [1.29, 1.82) is 0 Å². The van der Waals surface area contributed by atoms with Crippen molar-refractivity contribution in [3.8, 4) is 5.69 Å². The molecule has 1 saturated heterocycles. The van der Waals surface area contributed by atoms with Crippen molar-refractivity contribution < 1.29 is 9.90 Å². The molecule has 5 heteroatoms. The Kier molecular flexibility index (Phi) is 4.22. The molecule has 122 valence electrons. The highest BCUT2D eigenvalue weighted by molar-refractivity contribution is 5.96. The summed E-state index contributed by atoms with van der Waals surface area (Å²) in [5, 5.41) is 14.3. The highest BCUT2D eigenvalue weighted by atomic mass is 16.3. The van der Waals surface area contributed by atoms with Crippen LogP contribution in [0.3, 0.4) is 0 Å². The van der Waals surface area contributed by atoms with Crippen LogP contribution in [-0.4, -0.2) is 44.9 Å². The Morgan fingerprint density at radius 3 is 2.61 bits per heavy atom. The van der Waals surface area contributed by atoms with E-state index in [0.717, 1.165) is 23.5 Å². The summed E-state index contributed by atoms with van der Waals surface area (Å²) in [7, 11) is 0. The molecule has 1 aromatic heterocycles. The van der Waals surface area contributed by atoms with Crippen molar-refractivity contribution in [2.24, 2.45) is 5.92 Å². The van der Waals surface area contributed by atoms with E-state index in [9.17, 15) is 9.90 Å². The van der Waals surface area contributed by atoms with Crippen LogP contribution in [0.15, 0.2) is 30.3 Å². The second kappa shape index (κ2) is 6.16. The van der Waals surface area contributed by atoms with Gasteiger partial charge in [-0.05, 0) is 39.3 Å². The Hall–Kier alpha value is -2.14. The van der Waals surface area contributed by atoms with Gasteiger partial charge in [-0.25, -0.2) is 4.68 Å². The maximum absolute atomic E-state index is 12.9. The Morgan fingerprint density at radius 1 is 1.30 bits per heavy atom. The van der Waals surface area contributed by atoms with Crippen molar-refractivity contribution in [2.75, 3.05) is 13.1 Å². The minimum atomic E-state index is -0.373. The van der Waals surface area contributed by atoms with Gasteiger partial charge in [-0.2, -0.15) is 5.10 Å². The number of benzene rings is 1. The molecule has 0 aliphatic carbocycles. The number of rotatable bonds is 3. The standard InChI is InChI=1S/C18H23N3O2/c1-12-17(18(23)20-10-9-15(11-20)14(3)22)13(2)21(19-12)16-7-5-4-6-8-16/h4-8,14-15,22H,9-11H2,1-3H3. The maximum atomic E-state index is 12.9. The number of aliphatic hydroxyl groups excluding tert-OH is 1. The largest absolute Gasteiger partial charge is 0.393 e. The van der Waals surface area contributed by atoms with E-state index in [1.54, 1.807) is 6.92 Å². The molecule has 0 radical (unpaired) electrons. The molecule has 1 aromatic carbocycles. The first-order chi connectivity index (χ1) is 11.0. The number of carbonyl (C=O) groups excluding carboxylic acids is 1. The van der Waals surface area contributed by atoms with E-state index in [4.69, 9.17) is 0 Å². The van der Waals surface area contributed by atoms with Crippen LogP contribution in [0.2, 0.25) is 0 Å². The molecular formula is C18H23N3O2. The van der Waals surface area contributed by atoms with Gasteiger partial charge in [0.1, 0.15) is 0 Å². The molecule has 5 nitrogen and oxygen atoms in total. The van der Waals surface area contributed by atoms with Crippen molar-refractivity contribution >= 4 is 5.91 Å². The fourth-order valence-corrected chi connectivity index (χ4v) is 3.30. The van der Waals surface area contributed by atoms with Crippen LogP contribution < -0.4 is 0 Å². The van der Waals surface area contributed by atoms with Crippen molar-refractivity contribution in [1.82, 2.24) is 14.7 Å². The summed E-state index contributed by atoms with van der Waals surface area (Å²) < 4.78 is 1.82. The third-order valence-corrected chi connectivity index (χ3v) is 4.70. The van der Waals surface area contributed by atoms with E-state index >= 15 is 0 Å². The summed E-state index contributed by atoms with van der Waals surface area (Å²) in [6, 6.07) is 9.84. The van der Waals surface area contributed by atoms with Crippen molar-refractivity contribution in [2.45, 2.75) is 33.3 Å². The number of likely N-dealkylation sites (tertiary alicyclic amines) is 1. The van der Waals surface area contributed by atoms with Crippen LogP contribution in [0.5, 0.6) is 0 Å². The van der Waals surface area contributed by atoms with Gasteiger partial charge in [-0.3, -0.25) is 4.79 Å². The van der Waals surface area contributed by atoms with Crippen LogP contribution >= 0.6 is 0 Å². The second-order valence-electron chi connectivity index (χ2n) is 6.33. The lowest BCUT2D eigenvalue weighted by Crippen LogP contribution is -2.31. The van der Waals surface area contributed by atoms with Crippen LogP contribution in [0, 0.1) is 19.8 Å². The average Bonchev–Trinajstić information content (AvgIpc) is 3.13. The first-order valence-corrected chi connectivity index (χ1v) is 8.08. The minimum absolute atomic E-state index is 0.0188. The molecule has 2 aromatic rings. The fraction of sp³-hybridized carbons (Fsp3) is 0.444. The minimum Gasteiger partial charge on any atom is -0.393 e. The van der Waals surface area contributed by atoms with Crippen LogP contribution in [-0.2, 0) is 0 Å². The Balaban J connectivity index is 1.89. The number of para-hydroxylation sites is 1. The number of aryl methyl sites for hydroxylation is 1. The number of hydrogen-bond acceptors (Lipinski definition) is 3. The zero-order chi connectivity index (χ0) is 16.6. The molecule has 1 aliphatic rings. The van der Waals surface area contributed by atoms with E-state index in [0.29, 0.717) is 18.7 Å². The molecular weight excluding hydrogens is 290 g/mol. The van der Waals surface area contributed by atoms with Crippen LogP contribution in [0.4, 0.5) is 0 Å². The van der Waals surface area contributed by atoms with Gasteiger partial charge in [-0.1, -0.05) is 18.2 Å². The van der Waals surface area contributed by atoms with E-state index in [1.165, 1.54) is 0 Å². The Bertz CT molecular complexity index is 707. The van der Waals surface area contributed by atoms with Crippen molar-refractivity contribution in [3.05, 3.63) is 47.3 Å². The molecule has 2 atom stereocenters. The van der Waals surface area contributed by atoms with Gasteiger partial charge in [0, 0.05) is 19.0 Å². The third kappa shape index (κ3) is 2.88. The molecule has 1 fully saturated rings. The molecule has 1 N–H and O–H groups in total. The summed E-state index contributed by atoms with van der Waals surface area (Å²) in [5.74, 6) is 0.189.